The Hall–Kier alpha value is -2.03. The molecule has 2 aliphatic heterocycles. The van der Waals surface area contributed by atoms with Crippen molar-refractivity contribution in [3.8, 4) is 5.75 Å². The Labute approximate surface area is 171 Å². The van der Waals surface area contributed by atoms with E-state index in [0.717, 1.165) is 23.8 Å². The van der Waals surface area contributed by atoms with Gasteiger partial charge in [0.1, 0.15) is 5.75 Å². The SMILES string of the molecule is Clc1cccc([C@@H]2CC3CCC(N3)[C@H]2CCOc2cccc3ccccc23)c1. The molecule has 2 unspecified atom stereocenters. The number of piperidine rings is 1. The van der Waals surface area contributed by atoms with Crippen molar-refractivity contribution in [3.05, 3.63) is 77.3 Å². The molecule has 5 rings (SSSR count). The molecule has 0 amide bonds. The molecule has 1 N–H and O–H groups in total. The summed E-state index contributed by atoms with van der Waals surface area (Å²) in [6.07, 6.45) is 4.84. The zero-order valence-corrected chi connectivity index (χ0v) is 16.7. The van der Waals surface area contributed by atoms with E-state index < -0.39 is 0 Å². The van der Waals surface area contributed by atoms with Crippen molar-refractivity contribution in [2.45, 2.75) is 43.7 Å². The molecule has 2 saturated heterocycles. The Balaban J connectivity index is 1.33. The fraction of sp³-hybridized carbons (Fsp3) is 0.360. The van der Waals surface area contributed by atoms with Crippen LogP contribution in [0.25, 0.3) is 10.8 Å². The molecule has 3 aromatic rings. The van der Waals surface area contributed by atoms with Crippen molar-refractivity contribution < 1.29 is 4.74 Å². The van der Waals surface area contributed by atoms with Gasteiger partial charge in [-0.2, -0.15) is 0 Å². The summed E-state index contributed by atoms with van der Waals surface area (Å²) in [7, 11) is 0. The molecule has 2 bridgehead atoms. The van der Waals surface area contributed by atoms with Crippen molar-refractivity contribution in [2.24, 2.45) is 5.92 Å². The zero-order valence-electron chi connectivity index (χ0n) is 16.0. The second-order valence-corrected chi connectivity index (χ2v) is 8.66. The molecular formula is C25H26ClNO. The van der Waals surface area contributed by atoms with Crippen LogP contribution in [0.15, 0.2) is 66.7 Å². The van der Waals surface area contributed by atoms with Crippen LogP contribution in [0, 0.1) is 5.92 Å². The number of rotatable bonds is 5. The van der Waals surface area contributed by atoms with Crippen LogP contribution < -0.4 is 10.1 Å². The van der Waals surface area contributed by atoms with Crippen molar-refractivity contribution in [3.63, 3.8) is 0 Å². The van der Waals surface area contributed by atoms with Gasteiger partial charge in [-0.1, -0.05) is 60.1 Å². The number of benzene rings is 3. The van der Waals surface area contributed by atoms with Gasteiger partial charge in [-0.25, -0.2) is 0 Å². The number of hydrogen-bond acceptors (Lipinski definition) is 2. The second-order valence-electron chi connectivity index (χ2n) is 8.22. The van der Waals surface area contributed by atoms with Crippen LogP contribution in [-0.4, -0.2) is 18.7 Å². The quantitative estimate of drug-likeness (QED) is 0.560. The fourth-order valence-corrected chi connectivity index (χ4v) is 5.48. The first kappa shape index (κ1) is 18.0. The lowest BCUT2D eigenvalue weighted by atomic mass is 9.75. The van der Waals surface area contributed by atoms with Gasteiger partial charge in [-0.05, 0) is 66.7 Å². The Bertz CT molecular complexity index is 966. The van der Waals surface area contributed by atoms with E-state index in [1.807, 2.05) is 6.07 Å². The van der Waals surface area contributed by atoms with Crippen molar-refractivity contribution in [1.29, 1.82) is 0 Å². The van der Waals surface area contributed by atoms with Gasteiger partial charge >= 0.3 is 0 Å². The summed E-state index contributed by atoms with van der Waals surface area (Å²) in [6.45, 7) is 0.749. The lowest BCUT2D eigenvalue weighted by molar-refractivity contribution is 0.195. The van der Waals surface area contributed by atoms with Gasteiger partial charge < -0.3 is 10.1 Å². The van der Waals surface area contributed by atoms with Crippen LogP contribution in [0.3, 0.4) is 0 Å². The maximum atomic E-state index is 6.30. The lowest BCUT2D eigenvalue weighted by Gasteiger charge is -2.38. The Morgan fingerprint density at radius 1 is 0.964 bits per heavy atom. The van der Waals surface area contributed by atoms with E-state index in [1.54, 1.807) is 0 Å². The van der Waals surface area contributed by atoms with Crippen LogP contribution in [0.2, 0.25) is 5.02 Å². The number of hydrogen-bond donors (Lipinski definition) is 1. The van der Waals surface area contributed by atoms with E-state index in [4.69, 9.17) is 16.3 Å². The van der Waals surface area contributed by atoms with Crippen LogP contribution in [0.1, 0.15) is 37.2 Å². The summed E-state index contributed by atoms with van der Waals surface area (Å²) in [5, 5.41) is 7.11. The highest BCUT2D eigenvalue weighted by molar-refractivity contribution is 6.30. The third kappa shape index (κ3) is 3.52. The third-order valence-electron chi connectivity index (χ3n) is 6.58. The lowest BCUT2D eigenvalue weighted by Crippen LogP contribution is -2.45. The number of nitrogens with one attached hydrogen (secondary N) is 1. The first-order valence-electron chi connectivity index (χ1n) is 10.4. The Morgan fingerprint density at radius 2 is 1.82 bits per heavy atom. The van der Waals surface area contributed by atoms with Crippen LogP contribution in [0.4, 0.5) is 0 Å². The largest absolute Gasteiger partial charge is 0.493 e. The van der Waals surface area contributed by atoms with Crippen molar-refractivity contribution in [2.75, 3.05) is 6.61 Å². The minimum Gasteiger partial charge on any atom is -0.493 e. The van der Waals surface area contributed by atoms with Crippen LogP contribution in [0.5, 0.6) is 5.75 Å². The molecule has 4 atom stereocenters. The van der Waals surface area contributed by atoms with E-state index in [9.17, 15) is 0 Å². The van der Waals surface area contributed by atoms with Gasteiger partial charge in [0.25, 0.3) is 0 Å². The van der Waals surface area contributed by atoms with Gasteiger partial charge in [0.2, 0.25) is 0 Å². The van der Waals surface area contributed by atoms with Crippen molar-refractivity contribution >= 4 is 22.4 Å². The normalized spacial score (nSPS) is 26.5. The molecule has 3 heteroatoms. The smallest absolute Gasteiger partial charge is 0.127 e. The summed E-state index contributed by atoms with van der Waals surface area (Å²) in [5.74, 6) is 2.14. The standard InChI is InChI=1S/C25H26ClNO/c26-19-8-3-7-18(15-19)23-16-20-11-12-24(27-20)22(23)13-14-28-25-10-4-6-17-5-1-2-9-21(17)25/h1-10,15,20,22-24,27H,11-14,16H2/t20?,22-,23-,24?/m0/s1. The molecule has 0 saturated carbocycles. The maximum absolute atomic E-state index is 6.30. The van der Waals surface area contributed by atoms with E-state index in [-0.39, 0.29) is 0 Å². The zero-order chi connectivity index (χ0) is 18.9. The number of ether oxygens (including phenoxy) is 1. The predicted molar refractivity (Wildman–Crippen MR) is 116 cm³/mol. The van der Waals surface area contributed by atoms with Gasteiger partial charge in [-0.15, -0.1) is 0 Å². The number of fused-ring (bicyclic) bond motifs is 3. The molecule has 2 nitrogen and oxygen atoms in total. The van der Waals surface area contributed by atoms with Gasteiger partial charge in [0.15, 0.2) is 0 Å². The minimum absolute atomic E-state index is 0.563. The minimum atomic E-state index is 0.563. The van der Waals surface area contributed by atoms with E-state index in [2.05, 4.69) is 66.0 Å². The molecule has 0 radical (unpaired) electrons. The Morgan fingerprint density at radius 3 is 2.75 bits per heavy atom. The highest BCUT2D eigenvalue weighted by Gasteiger charge is 2.41. The monoisotopic (exact) mass is 391 g/mol. The summed E-state index contributed by atoms with van der Waals surface area (Å²) >= 11 is 6.30. The predicted octanol–water partition coefficient (Wildman–Crippen LogP) is 6.19. The van der Waals surface area contributed by atoms with Gasteiger partial charge in [-0.3, -0.25) is 0 Å². The summed E-state index contributed by atoms with van der Waals surface area (Å²) in [4.78, 5) is 0. The van der Waals surface area contributed by atoms with E-state index in [1.165, 1.54) is 35.6 Å². The third-order valence-corrected chi connectivity index (χ3v) is 6.82. The molecule has 144 valence electrons. The topological polar surface area (TPSA) is 21.3 Å². The molecule has 2 heterocycles. The van der Waals surface area contributed by atoms with Gasteiger partial charge in [0.05, 0.1) is 6.61 Å². The summed E-state index contributed by atoms with van der Waals surface area (Å²) < 4.78 is 6.28. The highest BCUT2D eigenvalue weighted by Crippen LogP contribution is 2.43. The average molecular weight is 392 g/mol. The van der Waals surface area contributed by atoms with E-state index in [0.29, 0.717) is 23.9 Å². The summed E-state index contributed by atoms with van der Waals surface area (Å²) in [6, 6.07) is 24.5. The molecule has 28 heavy (non-hydrogen) atoms. The van der Waals surface area contributed by atoms with Crippen LogP contribution in [-0.2, 0) is 0 Å². The molecule has 0 aliphatic carbocycles. The van der Waals surface area contributed by atoms with Crippen LogP contribution >= 0.6 is 11.6 Å². The number of halogens is 1. The molecule has 3 aromatic carbocycles. The molecule has 0 aromatic heterocycles. The second kappa shape index (κ2) is 7.77. The molecule has 2 fully saturated rings. The van der Waals surface area contributed by atoms with E-state index >= 15 is 0 Å². The Kier molecular flexibility index (Phi) is 5.00. The summed E-state index contributed by atoms with van der Waals surface area (Å²) in [5.41, 5.74) is 1.39. The maximum Gasteiger partial charge on any atom is 0.127 e. The van der Waals surface area contributed by atoms with Gasteiger partial charge in [0, 0.05) is 22.5 Å². The first-order valence-corrected chi connectivity index (χ1v) is 10.8. The molecule has 0 spiro atoms. The average Bonchev–Trinajstić information content (AvgIpc) is 3.12. The van der Waals surface area contributed by atoms with Crippen molar-refractivity contribution in [1.82, 2.24) is 5.32 Å². The highest BCUT2D eigenvalue weighted by atomic mass is 35.5. The fourth-order valence-electron chi connectivity index (χ4n) is 5.28. The first-order chi connectivity index (χ1) is 13.8. The molecular weight excluding hydrogens is 366 g/mol. The molecule has 2 aliphatic rings.